The quantitative estimate of drug-likeness (QED) is 0.824. The van der Waals surface area contributed by atoms with Gasteiger partial charge in [-0.3, -0.25) is 0 Å². The molecule has 1 aliphatic rings. The maximum Gasteiger partial charge on any atom is 0.0671 e. The highest BCUT2D eigenvalue weighted by atomic mass is 32.1. The molecule has 0 spiro atoms. The predicted octanol–water partition coefficient (Wildman–Crippen LogP) is 4.94. The molecule has 0 fully saturated rings. The van der Waals surface area contributed by atoms with E-state index in [2.05, 4.69) is 50.4 Å². The van der Waals surface area contributed by atoms with E-state index in [1.54, 1.807) is 10.4 Å². The Hall–Kier alpha value is -1.12. The Morgan fingerprint density at radius 2 is 1.86 bits per heavy atom. The third-order valence-corrected chi connectivity index (χ3v) is 5.53. The van der Waals surface area contributed by atoms with Gasteiger partial charge in [0, 0.05) is 9.75 Å². The number of hydrogen-bond acceptors (Lipinski definition) is 2. The highest BCUT2D eigenvalue weighted by Gasteiger charge is 2.21. The molecule has 112 valence electrons. The van der Waals surface area contributed by atoms with Crippen molar-refractivity contribution in [2.45, 2.75) is 52.5 Å². The summed E-state index contributed by atoms with van der Waals surface area (Å²) in [7, 11) is 0. The average Bonchev–Trinajstić information content (AvgIpc) is 2.99. The molecule has 0 amide bonds. The molecule has 0 aliphatic heterocycles. The summed E-state index contributed by atoms with van der Waals surface area (Å²) < 4.78 is 0. The van der Waals surface area contributed by atoms with Crippen molar-refractivity contribution < 1.29 is 0 Å². The van der Waals surface area contributed by atoms with Gasteiger partial charge in [0.05, 0.1) is 6.04 Å². The first kappa shape index (κ1) is 14.8. The maximum absolute atomic E-state index is 3.76. The van der Waals surface area contributed by atoms with Gasteiger partial charge in [0.2, 0.25) is 0 Å². The number of fused-ring (bicyclic) bond motifs is 1. The number of aryl methyl sites for hydroxylation is 4. The molecule has 1 aromatic carbocycles. The Labute approximate surface area is 132 Å². The molecular weight excluding hydrogens is 274 g/mol. The summed E-state index contributed by atoms with van der Waals surface area (Å²) in [6, 6.07) is 9.75. The summed E-state index contributed by atoms with van der Waals surface area (Å²) in [6.07, 6.45) is 5.08. The molecule has 2 heteroatoms. The minimum absolute atomic E-state index is 0.360. The van der Waals surface area contributed by atoms with Crippen LogP contribution >= 0.6 is 11.3 Å². The first-order chi connectivity index (χ1) is 10.2. The van der Waals surface area contributed by atoms with Gasteiger partial charge in [-0.25, -0.2) is 0 Å². The zero-order chi connectivity index (χ0) is 14.8. The van der Waals surface area contributed by atoms with Crippen LogP contribution in [0.2, 0.25) is 0 Å². The Balaban J connectivity index is 1.96. The zero-order valence-corrected chi connectivity index (χ0v) is 14.1. The van der Waals surface area contributed by atoms with E-state index in [9.17, 15) is 0 Å². The summed E-state index contributed by atoms with van der Waals surface area (Å²) >= 11 is 2.02. The van der Waals surface area contributed by atoms with Gasteiger partial charge in [0.25, 0.3) is 0 Å². The minimum atomic E-state index is 0.360. The van der Waals surface area contributed by atoms with E-state index >= 15 is 0 Å². The van der Waals surface area contributed by atoms with Crippen LogP contribution in [0.25, 0.3) is 0 Å². The second-order valence-electron chi connectivity index (χ2n) is 6.26. The van der Waals surface area contributed by atoms with E-state index in [0.717, 1.165) is 6.54 Å². The minimum Gasteiger partial charge on any atom is -0.306 e. The lowest BCUT2D eigenvalue weighted by molar-refractivity contribution is 0.605. The molecule has 21 heavy (non-hydrogen) atoms. The third kappa shape index (κ3) is 3.22. The predicted molar refractivity (Wildman–Crippen MR) is 92.4 cm³/mol. The van der Waals surface area contributed by atoms with Crippen molar-refractivity contribution in [1.82, 2.24) is 5.32 Å². The monoisotopic (exact) mass is 299 g/mol. The van der Waals surface area contributed by atoms with Gasteiger partial charge in [0.1, 0.15) is 0 Å². The second-order valence-corrected chi connectivity index (χ2v) is 7.43. The summed E-state index contributed by atoms with van der Waals surface area (Å²) in [5.41, 5.74) is 5.73. The SMILES string of the molecule is CCCNC(c1cc(C)cc(C)c1)c1cc2c(s1)CCC2. The van der Waals surface area contributed by atoms with E-state index in [1.807, 2.05) is 11.3 Å². The molecule has 3 rings (SSSR count). The van der Waals surface area contributed by atoms with Gasteiger partial charge in [-0.2, -0.15) is 0 Å². The van der Waals surface area contributed by atoms with Gasteiger partial charge in [-0.1, -0.05) is 36.2 Å². The molecule has 1 atom stereocenters. The van der Waals surface area contributed by atoms with Crippen molar-refractivity contribution in [3.8, 4) is 0 Å². The second kappa shape index (κ2) is 6.33. The van der Waals surface area contributed by atoms with Gasteiger partial charge < -0.3 is 5.32 Å². The number of thiophene rings is 1. The lowest BCUT2D eigenvalue weighted by Crippen LogP contribution is -2.22. The van der Waals surface area contributed by atoms with E-state index in [4.69, 9.17) is 0 Å². The Morgan fingerprint density at radius 1 is 1.10 bits per heavy atom. The summed E-state index contributed by atoms with van der Waals surface area (Å²) in [5.74, 6) is 0. The molecule has 0 radical (unpaired) electrons. The van der Waals surface area contributed by atoms with Crippen LogP contribution in [-0.2, 0) is 12.8 Å². The van der Waals surface area contributed by atoms with Crippen LogP contribution in [0.3, 0.4) is 0 Å². The lowest BCUT2D eigenvalue weighted by Gasteiger charge is -2.19. The molecule has 1 N–H and O–H groups in total. The standard InChI is InChI=1S/C19H25NS/c1-4-8-20-19(16-10-13(2)9-14(3)11-16)18-12-15-6-5-7-17(15)21-18/h9-12,19-20H,4-8H2,1-3H3. The van der Waals surface area contributed by atoms with Crippen molar-refractivity contribution in [2.24, 2.45) is 0 Å². The van der Waals surface area contributed by atoms with Gasteiger partial charge in [0.15, 0.2) is 0 Å². The molecule has 1 aromatic heterocycles. The topological polar surface area (TPSA) is 12.0 Å². The van der Waals surface area contributed by atoms with Crippen LogP contribution in [0.15, 0.2) is 24.3 Å². The first-order valence-electron chi connectivity index (χ1n) is 8.10. The van der Waals surface area contributed by atoms with Crippen LogP contribution in [0.1, 0.15) is 57.8 Å². The largest absolute Gasteiger partial charge is 0.306 e. The smallest absolute Gasteiger partial charge is 0.0671 e. The molecule has 1 aliphatic carbocycles. The van der Waals surface area contributed by atoms with Crippen molar-refractivity contribution >= 4 is 11.3 Å². The molecule has 0 saturated carbocycles. The molecular formula is C19H25NS. The number of nitrogens with one attached hydrogen (secondary N) is 1. The van der Waals surface area contributed by atoms with E-state index in [0.29, 0.717) is 6.04 Å². The Kier molecular flexibility index (Phi) is 4.46. The highest BCUT2D eigenvalue weighted by molar-refractivity contribution is 7.12. The zero-order valence-electron chi connectivity index (χ0n) is 13.3. The average molecular weight is 299 g/mol. The van der Waals surface area contributed by atoms with Gasteiger partial charge in [-0.05, 0) is 63.3 Å². The van der Waals surface area contributed by atoms with Gasteiger partial charge in [-0.15, -0.1) is 11.3 Å². The fourth-order valence-electron chi connectivity index (χ4n) is 3.34. The number of hydrogen-bond donors (Lipinski definition) is 1. The number of rotatable bonds is 5. The number of benzene rings is 1. The van der Waals surface area contributed by atoms with E-state index < -0.39 is 0 Å². The molecule has 0 saturated heterocycles. The normalized spacial score (nSPS) is 15.2. The first-order valence-corrected chi connectivity index (χ1v) is 8.92. The molecule has 1 heterocycles. The van der Waals surface area contributed by atoms with E-state index in [1.165, 1.54) is 47.3 Å². The van der Waals surface area contributed by atoms with Crippen LogP contribution in [0.4, 0.5) is 0 Å². The van der Waals surface area contributed by atoms with Crippen LogP contribution in [0, 0.1) is 13.8 Å². The van der Waals surface area contributed by atoms with E-state index in [-0.39, 0.29) is 0 Å². The Bertz CT molecular complexity index is 585. The summed E-state index contributed by atoms with van der Waals surface area (Å²) in [4.78, 5) is 3.12. The molecule has 2 aromatic rings. The van der Waals surface area contributed by atoms with Crippen LogP contribution in [0.5, 0.6) is 0 Å². The Morgan fingerprint density at radius 3 is 2.52 bits per heavy atom. The summed E-state index contributed by atoms with van der Waals surface area (Å²) in [5, 5.41) is 3.76. The summed E-state index contributed by atoms with van der Waals surface area (Å²) in [6.45, 7) is 7.70. The van der Waals surface area contributed by atoms with Crippen LogP contribution in [-0.4, -0.2) is 6.54 Å². The van der Waals surface area contributed by atoms with Gasteiger partial charge >= 0.3 is 0 Å². The maximum atomic E-state index is 3.76. The van der Waals surface area contributed by atoms with Crippen molar-refractivity contribution in [2.75, 3.05) is 6.54 Å². The fourth-order valence-corrected chi connectivity index (χ4v) is 4.70. The molecule has 1 nitrogen and oxygen atoms in total. The third-order valence-electron chi connectivity index (χ3n) is 4.23. The highest BCUT2D eigenvalue weighted by Crippen LogP contribution is 2.36. The lowest BCUT2D eigenvalue weighted by atomic mass is 9.99. The fraction of sp³-hybridized carbons (Fsp3) is 0.474. The molecule has 0 bridgehead atoms. The van der Waals surface area contributed by atoms with Crippen molar-refractivity contribution in [3.63, 3.8) is 0 Å². The van der Waals surface area contributed by atoms with Crippen molar-refractivity contribution in [3.05, 3.63) is 56.3 Å². The van der Waals surface area contributed by atoms with Crippen molar-refractivity contribution in [1.29, 1.82) is 0 Å². The molecule has 1 unspecified atom stereocenters. The van der Waals surface area contributed by atoms with Crippen LogP contribution < -0.4 is 5.32 Å².